The number of rotatable bonds is 5. The molecule has 0 spiro atoms. The van der Waals surface area contributed by atoms with Crippen LogP contribution in [0.2, 0.25) is 0 Å². The van der Waals surface area contributed by atoms with Gasteiger partial charge in [0.15, 0.2) is 5.76 Å². The molecule has 0 bridgehead atoms. The summed E-state index contributed by atoms with van der Waals surface area (Å²) in [5.41, 5.74) is 0.230. The molecule has 0 saturated heterocycles. The third-order valence-corrected chi connectivity index (χ3v) is 6.07. The van der Waals surface area contributed by atoms with Crippen molar-refractivity contribution in [3.8, 4) is 10.6 Å². The van der Waals surface area contributed by atoms with Gasteiger partial charge in [0.25, 0.3) is 5.56 Å². The summed E-state index contributed by atoms with van der Waals surface area (Å²) in [6.45, 7) is 0.129. The van der Waals surface area contributed by atoms with E-state index in [9.17, 15) is 13.2 Å². The molecule has 0 aliphatic heterocycles. The van der Waals surface area contributed by atoms with Crippen LogP contribution in [0.5, 0.6) is 0 Å². The van der Waals surface area contributed by atoms with Crippen molar-refractivity contribution >= 4 is 21.4 Å². The van der Waals surface area contributed by atoms with Gasteiger partial charge in [0, 0.05) is 32.4 Å². The Hall–Kier alpha value is -2.23. The molecule has 0 aromatic carbocycles. The normalized spacial score (nSPS) is 12.0. The molecule has 0 amide bonds. The van der Waals surface area contributed by atoms with Crippen LogP contribution < -0.4 is 5.56 Å². The maximum Gasteiger partial charge on any atom is 0.250 e. The van der Waals surface area contributed by atoms with Gasteiger partial charge in [-0.1, -0.05) is 11.2 Å². The van der Waals surface area contributed by atoms with Crippen LogP contribution in [0.25, 0.3) is 10.6 Å². The summed E-state index contributed by atoms with van der Waals surface area (Å²) in [5.74, 6) is 0.616. The van der Waals surface area contributed by atoms with Crippen molar-refractivity contribution in [1.29, 1.82) is 0 Å². The van der Waals surface area contributed by atoms with Gasteiger partial charge in [0.2, 0.25) is 10.0 Å². The van der Waals surface area contributed by atoms with Gasteiger partial charge in [0.1, 0.15) is 5.69 Å². The SMILES string of the molecule is CN(C)S(=O)(=O)c1ccc(=O)n(Cc2cc(-c3cccs3)on2)c1. The summed E-state index contributed by atoms with van der Waals surface area (Å²) < 4.78 is 32.0. The Morgan fingerprint density at radius 3 is 2.75 bits per heavy atom. The molecule has 0 N–H and O–H groups in total. The molecule has 3 aromatic heterocycles. The Labute approximate surface area is 142 Å². The van der Waals surface area contributed by atoms with Crippen molar-refractivity contribution in [2.24, 2.45) is 0 Å². The van der Waals surface area contributed by atoms with Crippen LogP contribution in [-0.2, 0) is 16.6 Å². The largest absolute Gasteiger partial charge is 0.355 e. The van der Waals surface area contributed by atoms with Crippen molar-refractivity contribution in [2.75, 3.05) is 14.1 Å². The summed E-state index contributed by atoms with van der Waals surface area (Å²) >= 11 is 1.52. The lowest BCUT2D eigenvalue weighted by Crippen LogP contribution is -2.26. The minimum atomic E-state index is -3.61. The molecule has 0 saturated carbocycles. The van der Waals surface area contributed by atoms with E-state index in [0.29, 0.717) is 11.5 Å². The van der Waals surface area contributed by atoms with Gasteiger partial charge < -0.3 is 9.09 Å². The maximum atomic E-state index is 12.2. The fraction of sp³-hybridized carbons (Fsp3) is 0.200. The van der Waals surface area contributed by atoms with E-state index in [-0.39, 0.29) is 17.0 Å². The summed E-state index contributed by atoms with van der Waals surface area (Å²) in [4.78, 5) is 13.0. The minimum absolute atomic E-state index is 0.0501. The highest BCUT2D eigenvalue weighted by Gasteiger charge is 2.18. The number of hydrogen-bond donors (Lipinski definition) is 0. The van der Waals surface area contributed by atoms with Gasteiger partial charge in [-0.15, -0.1) is 11.3 Å². The lowest BCUT2D eigenvalue weighted by Gasteiger charge is -2.12. The van der Waals surface area contributed by atoms with E-state index in [2.05, 4.69) is 5.16 Å². The molecule has 9 heteroatoms. The second-order valence-electron chi connectivity index (χ2n) is 5.28. The summed E-state index contributed by atoms with van der Waals surface area (Å²) in [6, 6.07) is 8.09. The van der Waals surface area contributed by atoms with Crippen LogP contribution in [0, 0.1) is 0 Å². The van der Waals surface area contributed by atoms with E-state index in [1.54, 1.807) is 6.07 Å². The van der Waals surface area contributed by atoms with Crippen molar-refractivity contribution < 1.29 is 12.9 Å². The third kappa shape index (κ3) is 3.18. The first-order chi connectivity index (χ1) is 11.4. The topological polar surface area (TPSA) is 85.4 Å². The first kappa shape index (κ1) is 16.6. The Kier molecular flexibility index (Phi) is 4.39. The molecular formula is C15H15N3O4S2. The highest BCUT2D eigenvalue weighted by molar-refractivity contribution is 7.89. The van der Waals surface area contributed by atoms with E-state index >= 15 is 0 Å². The number of sulfonamides is 1. The highest BCUT2D eigenvalue weighted by Crippen LogP contribution is 2.25. The fourth-order valence-corrected chi connectivity index (χ4v) is 3.69. The van der Waals surface area contributed by atoms with Crippen molar-refractivity contribution in [2.45, 2.75) is 11.4 Å². The number of thiophene rings is 1. The number of pyridine rings is 1. The zero-order valence-electron chi connectivity index (χ0n) is 13.0. The average Bonchev–Trinajstić information content (AvgIpc) is 3.20. The number of aromatic nitrogens is 2. The molecule has 3 rings (SSSR count). The van der Waals surface area contributed by atoms with E-state index in [1.165, 1.54) is 48.3 Å². The maximum absolute atomic E-state index is 12.2. The Bertz CT molecular complexity index is 1000. The Balaban J connectivity index is 1.92. The second kappa shape index (κ2) is 6.34. The molecule has 3 aromatic rings. The first-order valence-electron chi connectivity index (χ1n) is 7.00. The predicted octanol–water partition coefficient (Wildman–Crippen LogP) is 1.86. The van der Waals surface area contributed by atoms with Crippen LogP contribution in [0.4, 0.5) is 0 Å². The lowest BCUT2D eigenvalue weighted by atomic mass is 10.3. The fourth-order valence-electron chi connectivity index (χ4n) is 2.09. The van der Waals surface area contributed by atoms with Gasteiger partial charge in [-0.2, -0.15) is 0 Å². The molecule has 126 valence electrons. The van der Waals surface area contributed by atoms with E-state index in [4.69, 9.17) is 4.52 Å². The van der Waals surface area contributed by atoms with Gasteiger partial charge in [0.05, 0.1) is 16.3 Å². The quantitative estimate of drug-likeness (QED) is 0.689. The summed E-state index contributed by atoms with van der Waals surface area (Å²) in [7, 11) is -0.727. The smallest absolute Gasteiger partial charge is 0.250 e. The van der Waals surface area contributed by atoms with Crippen LogP contribution in [-0.4, -0.2) is 36.5 Å². The number of nitrogens with zero attached hydrogens (tertiary/aromatic N) is 3. The standard InChI is InChI=1S/C15H15N3O4S2/c1-17(2)24(20,21)12-5-6-15(19)18(10-12)9-11-8-13(22-16-11)14-4-3-7-23-14/h3-8,10H,9H2,1-2H3. The molecule has 0 unspecified atom stereocenters. The Morgan fingerprint density at radius 1 is 1.29 bits per heavy atom. The highest BCUT2D eigenvalue weighted by atomic mass is 32.2. The second-order valence-corrected chi connectivity index (χ2v) is 8.38. The molecule has 0 aliphatic carbocycles. The van der Waals surface area contributed by atoms with E-state index < -0.39 is 10.0 Å². The van der Waals surface area contributed by atoms with Gasteiger partial charge in [-0.05, 0) is 17.5 Å². The van der Waals surface area contributed by atoms with E-state index in [1.807, 2.05) is 17.5 Å². The van der Waals surface area contributed by atoms with Crippen molar-refractivity contribution in [3.63, 3.8) is 0 Å². The summed E-state index contributed by atoms with van der Waals surface area (Å²) in [5, 5.41) is 5.88. The molecule has 0 radical (unpaired) electrons. The van der Waals surface area contributed by atoms with E-state index in [0.717, 1.165) is 9.18 Å². The molecule has 0 atom stereocenters. The van der Waals surface area contributed by atoms with Gasteiger partial charge >= 0.3 is 0 Å². The average molecular weight is 365 g/mol. The molecule has 0 aliphatic rings. The van der Waals surface area contributed by atoms with Gasteiger partial charge in [-0.3, -0.25) is 4.79 Å². The molecule has 24 heavy (non-hydrogen) atoms. The van der Waals surface area contributed by atoms with Crippen LogP contribution in [0.3, 0.4) is 0 Å². The van der Waals surface area contributed by atoms with Crippen molar-refractivity contribution in [3.05, 3.63) is 58.0 Å². The van der Waals surface area contributed by atoms with Gasteiger partial charge in [-0.25, -0.2) is 12.7 Å². The minimum Gasteiger partial charge on any atom is -0.355 e. The van der Waals surface area contributed by atoms with Crippen molar-refractivity contribution in [1.82, 2.24) is 14.0 Å². The molecular weight excluding hydrogens is 350 g/mol. The predicted molar refractivity (Wildman–Crippen MR) is 90.5 cm³/mol. The van der Waals surface area contributed by atoms with Crippen LogP contribution >= 0.6 is 11.3 Å². The third-order valence-electron chi connectivity index (χ3n) is 3.39. The van der Waals surface area contributed by atoms with Crippen LogP contribution in [0.1, 0.15) is 5.69 Å². The molecule has 7 nitrogen and oxygen atoms in total. The lowest BCUT2D eigenvalue weighted by molar-refractivity contribution is 0.421. The Morgan fingerprint density at radius 2 is 2.08 bits per heavy atom. The summed E-state index contributed by atoms with van der Waals surface area (Å²) in [6.07, 6.45) is 1.32. The van der Waals surface area contributed by atoms with Crippen LogP contribution in [0.15, 0.2) is 56.1 Å². The number of hydrogen-bond acceptors (Lipinski definition) is 6. The zero-order chi connectivity index (χ0) is 17.3. The molecule has 0 fully saturated rings. The molecule has 3 heterocycles. The first-order valence-corrected chi connectivity index (χ1v) is 9.32. The monoisotopic (exact) mass is 365 g/mol. The zero-order valence-corrected chi connectivity index (χ0v) is 14.7.